The maximum atomic E-state index is 11.8. The van der Waals surface area contributed by atoms with Crippen LogP contribution in [0.2, 0.25) is 0 Å². The Morgan fingerprint density at radius 3 is 2.61 bits per heavy atom. The van der Waals surface area contributed by atoms with Gasteiger partial charge < -0.3 is 9.30 Å². The predicted octanol–water partition coefficient (Wildman–Crippen LogP) is 1.30. The number of rotatable bonds is 6. The molecule has 0 saturated heterocycles. The number of ether oxygens (including phenoxy) is 1. The molecule has 0 aromatic carbocycles. The Bertz CT molecular complexity index is 769. The van der Waals surface area contributed by atoms with E-state index in [9.17, 15) is 13.2 Å². The third-order valence-corrected chi connectivity index (χ3v) is 3.87. The number of amides is 1. The van der Waals surface area contributed by atoms with Gasteiger partial charge in [0, 0.05) is 18.5 Å². The van der Waals surface area contributed by atoms with Gasteiger partial charge in [-0.15, -0.1) is 0 Å². The van der Waals surface area contributed by atoms with E-state index in [1.807, 2.05) is 31.4 Å². The fourth-order valence-corrected chi connectivity index (χ4v) is 2.92. The molecule has 1 atom stereocenters. The minimum absolute atomic E-state index is 0.0949. The number of hydrogen-bond acceptors (Lipinski definition) is 5. The van der Waals surface area contributed by atoms with Crippen LogP contribution in [0.3, 0.4) is 0 Å². The molecule has 7 nitrogen and oxygen atoms in total. The van der Waals surface area contributed by atoms with Gasteiger partial charge in [-0.3, -0.25) is 4.79 Å². The van der Waals surface area contributed by atoms with Crippen LogP contribution in [0.15, 0.2) is 11.6 Å². The number of nitrogens with one attached hydrogen (secondary N) is 1. The van der Waals surface area contributed by atoms with Crippen molar-refractivity contribution in [2.75, 3.05) is 20.0 Å². The first-order valence-electron chi connectivity index (χ1n) is 6.92. The third kappa shape index (κ3) is 4.94. The summed E-state index contributed by atoms with van der Waals surface area (Å²) in [7, 11) is -2.10. The Morgan fingerprint density at radius 2 is 2.13 bits per heavy atom. The molecular weight excluding hydrogens is 318 g/mol. The number of aromatic nitrogens is 1. The summed E-state index contributed by atoms with van der Waals surface area (Å²) >= 11 is 0. The van der Waals surface area contributed by atoms with Crippen molar-refractivity contribution >= 4 is 22.0 Å². The average Bonchev–Trinajstić information content (AvgIpc) is 2.68. The highest BCUT2D eigenvalue weighted by Gasteiger charge is 2.17. The van der Waals surface area contributed by atoms with Crippen molar-refractivity contribution in [1.29, 1.82) is 5.26 Å². The largest absolute Gasteiger partial charge is 0.383 e. The second-order valence-corrected chi connectivity index (χ2v) is 7.12. The Balaban J connectivity index is 3.23. The van der Waals surface area contributed by atoms with E-state index in [1.54, 1.807) is 17.9 Å². The summed E-state index contributed by atoms with van der Waals surface area (Å²) in [5.41, 5.74) is 2.24. The van der Waals surface area contributed by atoms with Gasteiger partial charge >= 0.3 is 0 Å². The van der Waals surface area contributed by atoms with Crippen LogP contribution in [-0.4, -0.2) is 38.9 Å². The quantitative estimate of drug-likeness (QED) is 0.622. The van der Waals surface area contributed by atoms with Crippen LogP contribution < -0.4 is 4.72 Å². The lowest BCUT2D eigenvalue weighted by Crippen LogP contribution is -2.30. The molecule has 0 fully saturated rings. The highest BCUT2D eigenvalue weighted by Crippen LogP contribution is 2.22. The first-order chi connectivity index (χ1) is 10.6. The summed E-state index contributed by atoms with van der Waals surface area (Å²) in [4.78, 5) is 11.8. The van der Waals surface area contributed by atoms with Crippen molar-refractivity contribution in [2.24, 2.45) is 0 Å². The normalized spacial score (nSPS) is 13.5. The van der Waals surface area contributed by atoms with E-state index >= 15 is 0 Å². The first kappa shape index (κ1) is 18.9. The van der Waals surface area contributed by atoms with Crippen LogP contribution >= 0.6 is 0 Å². The Kier molecular flexibility index (Phi) is 6.12. The molecule has 0 bridgehead atoms. The zero-order valence-corrected chi connectivity index (χ0v) is 14.7. The predicted molar refractivity (Wildman–Crippen MR) is 87.1 cm³/mol. The molecule has 1 aromatic rings. The molecule has 1 aromatic heterocycles. The summed E-state index contributed by atoms with van der Waals surface area (Å²) in [5.74, 6) is -0.940. The average molecular weight is 339 g/mol. The Hall–Kier alpha value is -2.11. The van der Waals surface area contributed by atoms with Crippen LogP contribution in [0.4, 0.5) is 0 Å². The molecule has 0 radical (unpaired) electrons. The van der Waals surface area contributed by atoms with Gasteiger partial charge in [0.05, 0.1) is 18.9 Å². The van der Waals surface area contributed by atoms with Crippen LogP contribution in [0.1, 0.15) is 29.9 Å². The van der Waals surface area contributed by atoms with E-state index in [-0.39, 0.29) is 11.6 Å². The van der Waals surface area contributed by atoms with E-state index in [2.05, 4.69) is 0 Å². The van der Waals surface area contributed by atoms with Gasteiger partial charge in [-0.1, -0.05) is 0 Å². The molecule has 0 aliphatic carbocycles. The number of nitrogens with zero attached hydrogens (tertiary/aromatic N) is 2. The number of nitriles is 1. The zero-order chi connectivity index (χ0) is 17.8. The molecule has 1 rings (SSSR count). The maximum Gasteiger partial charge on any atom is 0.275 e. The van der Waals surface area contributed by atoms with Gasteiger partial charge in [0.25, 0.3) is 5.91 Å². The molecule has 0 saturated carbocycles. The monoisotopic (exact) mass is 339 g/mol. The topological polar surface area (TPSA) is 101 Å². The molecule has 0 aliphatic heterocycles. The van der Waals surface area contributed by atoms with E-state index in [0.29, 0.717) is 12.2 Å². The SMILES string of the molecule is COCC(C)n1c(C)cc(/C=C(\C#N)C(=O)NS(C)(=O)=O)c1C. The van der Waals surface area contributed by atoms with Gasteiger partial charge in [-0.2, -0.15) is 5.26 Å². The molecule has 1 unspecified atom stereocenters. The third-order valence-electron chi connectivity index (χ3n) is 3.32. The standard InChI is InChI=1S/C15H21N3O4S/c1-10-6-13(12(3)18(10)11(2)9-22-4)7-14(8-16)15(19)17-23(5,20)21/h6-7,11H,9H2,1-5H3,(H,17,19)/b14-7+. The summed E-state index contributed by atoms with van der Waals surface area (Å²) in [6.45, 7) is 6.31. The van der Waals surface area contributed by atoms with E-state index in [4.69, 9.17) is 10.00 Å². The number of aryl methyl sites for hydroxylation is 1. The first-order valence-corrected chi connectivity index (χ1v) is 8.81. The lowest BCUT2D eigenvalue weighted by atomic mass is 10.1. The van der Waals surface area contributed by atoms with Gasteiger partial charge in [0.15, 0.2) is 0 Å². The summed E-state index contributed by atoms with van der Waals surface area (Å²) in [6, 6.07) is 3.67. The molecule has 1 N–H and O–H groups in total. The van der Waals surface area contributed by atoms with Gasteiger partial charge in [-0.05, 0) is 38.5 Å². The Morgan fingerprint density at radius 1 is 1.52 bits per heavy atom. The van der Waals surface area contributed by atoms with Crippen LogP contribution in [0.25, 0.3) is 6.08 Å². The van der Waals surface area contributed by atoms with Crippen LogP contribution in [0.5, 0.6) is 0 Å². The van der Waals surface area contributed by atoms with E-state index in [0.717, 1.165) is 17.6 Å². The lowest BCUT2D eigenvalue weighted by Gasteiger charge is -2.17. The van der Waals surface area contributed by atoms with Gasteiger partial charge in [-0.25, -0.2) is 13.1 Å². The van der Waals surface area contributed by atoms with Gasteiger partial charge in [0.2, 0.25) is 10.0 Å². The highest BCUT2D eigenvalue weighted by atomic mass is 32.2. The maximum absolute atomic E-state index is 11.8. The number of sulfonamides is 1. The summed E-state index contributed by atoms with van der Waals surface area (Å²) in [6.07, 6.45) is 2.25. The lowest BCUT2D eigenvalue weighted by molar-refractivity contribution is -0.115. The summed E-state index contributed by atoms with van der Waals surface area (Å²) in [5, 5.41) is 9.11. The zero-order valence-electron chi connectivity index (χ0n) is 13.9. The summed E-state index contributed by atoms with van der Waals surface area (Å²) < 4.78 is 31.2. The molecule has 1 amide bonds. The molecule has 8 heteroatoms. The van der Waals surface area contributed by atoms with Crippen molar-refractivity contribution in [3.8, 4) is 6.07 Å². The van der Waals surface area contributed by atoms with Crippen LogP contribution in [0, 0.1) is 25.2 Å². The van der Waals surface area contributed by atoms with Crippen LogP contribution in [-0.2, 0) is 19.6 Å². The van der Waals surface area contributed by atoms with Crippen molar-refractivity contribution < 1.29 is 17.9 Å². The molecule has 0 aliphatic rings. The number of methoxy groups -OCH3 is 1. The molecule has 1 heterocycles. The number of hydrogen-bond donors (Lipinski definition) is 1. The highest BCUT2D eigenvalue weighted by molar-refractivity contribution is 7.89. The minimum Gasteiger partial charge on any atom is -0.383 e. The van der Waals surface area contributed by atoms with E-state index < -0.39 is 15.9 Å². The smallest absolute Gasteiger partial charge is 0.275 e. The molecule has 23 heavy (non-hydrogen) atoms. The van der Waals surface area contributed by atoms with Crippen molar-refractivity contribution in [2.45, 2.75) is 26.8 Å². The second kappa shape index (κ2) is 7.44. The number of carbonyl (C=O) groups excluding carboxylic acids is 1. The van der Waals surface area contributed by atoms with Crippen molar-refractivity contribution in [3.05, 3.63) is 28.6 Å². The molecule has 126 valence electrons. The van der Waals surface area contributed by atoms with Crippen molar-refractivity contribution in [1.82, 2.24) is 9.29 Å². The molecular formula is C15H21N3O4S. The van der Waals surface area contributed by atoms with Gasteiger partial charge in [0.1, 0.15) is 11.6 Å². The van der Waals surface area contributed by atoms with E-state index in [1.165, 1.54) is 6.08 Å². The number of carbonyl (C=O) groups is 1. The molecule has 0 spiro atoms. The van der Waals surface area contributed by atoms with Crippen molar-refractivity contribution in [3.63, 3.8) is 0 Å². The Labute approximate surface area is 136 Å². The second-order valence-electron chi connectivity index (χ2n) is 5.37. The minimum atomic E-state index is -3.72. The fraction of sp³-hybridized carbons (Fsp3) is 0.467. The fourth-order valence-electron chi connectivity index (χ4n) is 2.47.